The van der Waals surface area contributed by atoms with E-state index in [2.05, 4.69) is 0 Å². The molecule has 1 atom stereocenters. The maximum atomic E-state index is 12.1. The number of ether oxygens (including phenoxy) is 1. The van der Waals surface area contributed by atoms with Gasteiger partial charge in [0.05, 0.1) is 6.61 Å². The molecule has 1 aliphatic carbocycles. The zero-order valence-electron chi connectivity index (χ0n) is 11.6. The highest BCUT2D eigenvalue weighted by atomic mass is 35.5. The number of nitrogens with zero attached hydrogens (tertiary/aromatic N) is 1. The molecule has 0 spiro atoms. The van der Waals surface area contributed by atoms with Gasteiger partial charge in [-0.2, -0.15) is 0 Å². The van der Waals surface area contributed by atoms with E-state index in [1.165, 1.54) is 0 Å². The Morgan fingerprint density at radius 3 is 2.70 bits per heavy atom. The molecule has 1 aromatic rings. The van der Waals surface area contributed by atoms with Crippen LogP contribution in [0.25, 0.3) is 0 Å². The van der Waals surface area contributed by atoms with Crippen molar-refractivity contribution in [2.45, 2.75) is 25.7 Å². The Morgan fingerprint density at radius 2 is 2.00 bits per heavy atom. The molecule has 20 heavy (non-hydrogen) atoms. The first-order chi connectivity index (χ1) is 9.72. The number of amides is 1. The molecule has 1 heterocycles. The van der Waals surface area contributed by atoms with Crippen molar-refractivity contribution < 1.29 is 9.53 Å². The third-order valence-corrected chi connectivity index (χ3v) is 4.31. The first kappa shape index (κ1) is 13.7. The zero-order chi connectivity index (χ0) is 13.9. The van der Waals surface area contributed by atoms with Gasteiger partial charge in [0, 0.05) is 29.9 Å². The molecule has 1 saturated heterocycles. The molecule has 1 aliphatic heterocycles. The van der Waals surface area contributed by atoms with E-state index in [1.54, 1.807) is 0 Å². The van der Waals surface area contributed by atoms with Crippen LogP contribution in [0, 0.1) is 11.8 Å². The minimum Gasteiger partial charge on any atom is -0.493 e. The second-order valence-corrected chi connectivity index (χ2v) is 6.27. The second-order valence-electron chi connectivity index (χ2n) is 5.83. The van der Waals surface area contributed by atoms with Crippen LogP contribution < -0.4 is 4.74 Å². The summed E-state index contributed by atoms with van der Waals surface area (Å²) in [6, 6.07) is 7.44. The van der Waals surface area contributed by atoms with Crippen LogP contribution in [-0.2, 0) is 4.79 Å². The van der Waals surface area contributed by atoms with Crippen LogP contribution in [0.3, 0.4) is 0 Å². The van der Waals surface area contributed by atoms with E-state index in [1.807, 2.05) is 29.2 Å². The predicted molar refractivity (Wildman–Crippen MR) is 79.0 cm³/mol. The fourth-order valence-corrected chi connectivity index (χ4v) is 2.86. The highest BCUT2D eigenvalue weighted by Gasteiger charge is 2.35. The average molecular weight is 294 g/mol. The van der Waals surface area contributed by atoms with Crippen LogP contribution in [0.4, 0.5) is 0 Å². The van der Waals surface area contributed by atoms with Crippen molar-refractivity contribution in [2.75, 3.05) is 19.7 Å². The second kappa shape index (κ2) is 6.04. The highest BCUT2D eigenvalue weighted by molar-refractivity contribution is 6.30. The standard InChI is InChI=1S/C16H20ClNO2/c17-14-5-7-15(8-6-14)20-11-12-2-1-9-18(10-12)16(19)13-3-4-13/h5-8,12-13H,1-4,9-11H2. The predicted octanol–water partition coefficient (Wildman–Crippen LogP) is 3.37. The fourth-order valence-electron chi connectivity index (χ4n) is 2.73. The molecule has 2 aliphatic rings. The van der Waals surface area contributed by atoms with E-state index in [9.17, 15) is 4.79 Å². The van der Waals surface area contributed by atoms with E-state index in [0.717, 1.165) is 49.5 Å². The van der Waals surface area contributed by atoms with Gasteiger partial charge in [-0.05, 0) is 49.9 Å². The van der Waals surface area contributed by atoms with Gasteiger partial charge in [-0.15, -0.1) is 0 Å². The van der Waals surface area contributed by atoms with Gasteiger partial charge >= 0.3 is 0 Å². The smallest absolute Gasteiger partial charge is 0.225 e. The SMILES string of the molecule is O=C(C1CC1)N1CCCC(COc2ccc(Cl)cc2)C1. The number of benzene rings is 1. The molecule has 1 amide bonds. The Hall–Kier alpha value is -1.22. The molecule has 108 valence electrons. The summed E-state index contributed by atoms with van der Waals surface area (Å²) >= 11 is 5.85. The van der Waals surface area contributed by atoms with Crippen LogP contribution in [-0.4, -0.2) is 30.5 Å². The van der Waals surface area contributed by atoms with Crippen molar-refractivity contribution in [3.05, 3.63) is 29.3 Å². The van der Waals surface area contributed by atoms with E-state index >= 15 is 0 Å². The molecule has 1 unspecified atom stereocenters. The largest absolute Gasteiger partial charge is 0.493 e. The summed E-state index contributed by atoms with van der Waals surface area (Å²) in [4.78, 5) is 14.1. The Bertz CT molecular complexity index is 470. The number of hydrogen-bond donors (Lipinski definition) is 0. The Kier molecular flexibility index (Phi) is 4.16. The molecule has 1 saturated carbocycles. The molecule has 0 bridgehead atoms. The summed E-state index contributed by atoms with van der Waals surface area (Å²) in [5.74, 6) is 1.98. The van der Waals surface area contributed by atoms with Gasteiger partial charge in [0.25, 0.3) is 0 Å². The number of carbonyl (C=O) groups is 1. The minimum absolute atomic E-state index is 0.325. The third-order valence-electron chi connectivity index (χ3n) is 4.06. The monoisotopic (exact) mass is 293 g/mol. The molecule has 3 rings (SSSR count). The number of carbonyl (C=O) groups excluding carboxylic acids is 1. The molecule has 3 nitrogen and oxygen atoms in total. The van der Waals surface area contributed by atoms with E-state index < -0.39 is 0 Å². The lowest BCUT2D eigenvalue weighted by atomic mass is 9.98. The van der Waals surface area contributed by atoms with Gasteiger partial charge in [0.15, 0.2) is 0 Å². The normalized spacial score (nSPS) is 22.6. The van der Waals surface area contributed by atoms with Gasteiger partial charge in [-0.3, -0.25) is 4.79 Å². The Labute approximate surface area is 124 Å². The van der Waals surface area contributed by atoms with Gasteiger partial charge in [0.1, 0.15) is 5.75 Å². The molecule has 1 aromatic carbocycles. The number of hydrogen-bond acceptors (Lipinski definition) is 2. The molecule has 0 N–H and O–H groups in total. The van der Waals surface area contributed by atoms with Crippen LogP contribution in [0.15, 0.2) is 24.3 Å². The summed E-state index contributed by atoms with van der Waals surface area (Å²) < 4.78 is 5.81. The van der Waals surface area contributed by atoms with Crippen LogP contribution in [0.5, 0.6) is 5.75 Å². The Morgan fingerprint density at radius 1 is 1.25 bits per heavy atom. The van der Waals surface area contributed by atoms with Gasteiger partial charge in [-0.25, -0.2) is 0 Å². The van der Waals surface area contributed by atoms with Crippen molar-refractivity contribution in [1.82, 2.24) is 4.90 Å². The molecular formula is C16H20ClNO2. The topological polar surface area (TPSA) is 29.5 Å². The van der Waals surface area contributed by atoms with Gasteiger partial charge in [-0.1, -0.05) is 11.6 Å². The quantitative estimate of drug-likeness (QED) is 0.852. The lowest BCUT2D eigenvalue weighted by Gasteiger charge is -2.32. The number of halogens is 1. The molecule has 2 fully saturated rings. The van der Waals surface area contributed by atoms with E-state index in [-0.39, 0.29) is 0 Å². The van der Waals surface area contributed by atoms with Crippen LogP contribution in [0.1, 0.15) is 25.7 Å². The summed E-state index contributed by atoms with van der Waals surface area (Å²) in [6.07, 6.45) is 4.40. The summed E-state index contributed by atoms with van der Waals surface area (Å²) in [6.45, 7) is 2.45. The lowest BCUT2D eigenvalue weighted by Crippen LogP contribution is -2.42. The summed E-state index contributed by atoms with van der Waals surface area (Å²) in [5, 5.41) is 0.719. The third kappa shape index (κ3) is 3.45. The van der Waals surface area contributed by atoms with Crippen molar-refractivity contribution >= 4 is 17.5 Å². The Balaban J connectivity index is 1.49. The van der Waals surface area contributed by atoms with Gasteiger partial charge < -0.3 is 9.64 Å². The maximum absolute atomic E-state index is 12.1. The first-order valence-corrected chi connectivity index (χ1v) is 7.77. The molecule has 4 heteroatoms. The minimum atomic E-state index is 0.325. The number of rotatable bonds is 4. The van der Waals surface area contributed by atoms with E-state index in [0.29, 0.717) is 24.3 Å². The zero-order valence-corrected chi connectivity index (χ0v) is 12.3. The van der Waals surface area contributed by atoms with Crippen molar-refractivity contribution in [3.8, 4) is 5.75 Å². The van der Waals surface area contributed by atoms with Crippen molar-refractivity contribution in [2.24, 2.45) is 11.8 Å². The van der Waals surface area contributed by atoms with E-state index in [4.69, 9.17) is 16.3 Å². The summed E-state index contributed by atoms with van der Waals surface area (Å²) in [7, 11) is 0. The maximum Gasteiger partial charge on any atom is 0.225 e. The number of likely N-dealkylation sites (tertiary alicyclic amines) is 1. The van der Waals surface area contributed by atoms with Crippen molar-refractivity contribution in [1.29, 1.82) is 0 Å². The first-order valence-electron chi connectivity index (χ1n) is 7.39. The number of piperidine rings is 1. The fraction of sp³-hybridized carbons (Fsp3) is 0.562. The molecule has 0 radical (unpaired) electrons. The molecular weight excluding hydrogens is 274 g/mol. The average Bonchev–Trinajstić information content (AvgIpc) is 3.31. The van der Waals surface area contributed by atoms with Crippen LogP contribution in [0.2, 0.25) is 5.02 Å². The highest BCUT2D eigenvalue weighted by Crippen LogP contribution is 2.32. The summed E-state index contributed by atoms with van der Waals surface area (Å²) in [5.41, 5.74) is 0. The lowest BCUT2D eigenvalue weighted by molar-refractivity contribution is -0.134. The van der Waals surface area contributed by atoms with Gasteiger partial charge in [0.2, 0.25) is 5.91 Å². The van der Waals surface area contributed by atoms with Crippen molar-refractivity contribution in [3.63, 3.8) is 0 Å². The van der Waals surface area contributed by atoms with Crippen LogP contribution >= 0.6 is 11.6 Å². The molecule has 0 aromatic heterocycles.